The molecule has 0 aliphatic rings. The van der Waals surface area contributed by atoms with Gasteiger partial charge in [-0.05, 0) is 33.1 Å². The Morgan fingerprint density at radius 1 is 1.29 bits per heavy atom. The van der Waals surface area contributed by atoms with Crippen molar-refractivity contribution in [3.63, 3.8) is 0 Å². The van der Waals surface area contributed by atoms with Gasteiger partial charge in [0, 0.05) is 6.04 Å². The van der Waals surface area contributed by atoms with Crippen LogP contribution in [0.3, 0.4) is 0 Å². The van der Waals surface area contributed by atoms with Crippen molar-refractivity contribution in [1.29, 1.82) is 0 Å². The van der Waals surface area contributed by atoms with Crippen molar-refractivity contribution in [1.82, 2.24) is 5.32 Å². The van der Waals surface area contributed by atoms with Gasteiger partial charge in [-0.15, -0.1) is 0 Å². The Balaban J connectivity index is 4.08. The van der Waals surface area contributed by atoms with Gasteiger partial charge in [0.05, 0.1) is 10.4 Å². The molecule has 0 bridgehead atoms. The van der Waals surface area contributed by atoms with Crippen LogP contribution < -0.4 is 11.1 Å². The predicted molar refractivity (Wildman–Crippen MR) is 76.9 cm³/mol. The van der Waals surface area contributed by atoms with Gasteiger partial charge in [-0.2, -0.15) is 0 Å². The van der Waals surface area contributed by atoms with Gasteiger partial charge in [-0.3, -0.25) is 4.79 Å². The standard InChI is InChI=1S/C13H26N2OS/c1-9(2)7-6-8-10(3)15-12(16)13(4,5)11(14)17/h9-10H,6-8H2,1-5H3,(H2,14,17)(H,15,16). The van der Waals surface area contributed by atoms with E-state index in [1.165, 1.54) is 6.42 Å². The number of carbonyl (C=O) groups excluding carboxylic acids is 1. The summed E-state index contributed by atoms with van der Waals surface area (Å²) in [5, 5.41) is 2.97. The van der Waals surface area contributed by atoms with E-state index in [1.807, 2.05) is 6.92 Å². The molecule has 0 aliphatic heterocycles. The van der Waals surface area contributed by atoms with Gasteiger partial charge in [-0.25, -0.2) is 0 Å². The van der Waals surface area contributed by atoms with Crippen LogP contribution in [0.25, 0.3) is 0 Å². The monoisotopic (exact) mass is 258 g/mol. The first kappa shape index (κ1) is 16.4. The van der Waals surface area contributed by atoms with E-state index in [0.29, 0.717) is 5.92 Å². The van der Waals surface area contributed by atoms with Crippen LogP contribution in [0.15, 0.2) is 0 Å². The second-order valence-corrected chi connectivity index (χ2v) is 6.13. The zero-order valence-corrected chi connectivity index (χ0v) is 12.5. The van der Waals surface area contributed by atoms with Crippen LogP contribution >= 0.6 is 12.2 Å². The van der Waals surface area contributed by atoms with Crippen molar-refractivity contribution in [2.24, 2.45) is 17.1 Å². The summed E-state index contributed by atoms with van der Waals surface area (Å²) in [6, 6.07) is 0.176. The van der Waals surface area contributed by atoms with E-state index in [2.05, 4.69) is 19.2 Å². The molecule has 0 radical (unpaired) electrons. The fourth-order valence-corrected chi connectivity index (χ4v) is 1.51. The highest BCUT2D eigenvalue weighted by Crippen LogP contribution is 2.16. The van der Waals surface area contributed by atoms with Gasteiger partial charge in [0.25, 0.3) is 0 Å². The molecule has 0 aromatic rings. The third-order valence-electron chi connectivity index (χ3n) is 2.98. The van der Waals surface area contributed by atoms with E-state index in [9.17, 15) is 4.79 Å². The molecule has 0 aromatic carbocycles. The lowest BCUT2D eigenvalue weighted by Crippen LogP contribution is -2.47. The van der Waals surface area contributed by atoms with Gasteiger partial charge in [-0.1, -0.05) is 38.9 Å². The maximum atomic E-state index is 11.9. The molecule has 0 fully saturated rings. The minimum atomic E-state index is -0.762. The summed E-state index contributed by atoms with van der Waals surface area (Å²) in [5.74, 6) is 0.632. The third-order valence-corrected chi connectivity index (χ3v) is 3.49. The first-order chi connectivity index (χ1) is 7.67. The Morgan fingerprint density at radius 3 is 2.24 bits per heavy atom. The SMILES string of the molecule is CC(C)CCCC(C)NC(=O)C(C)(C)C(N)=S. The summed E-state index contributed by atoms with van der Waals surface area (Å²) in [5.41, 5.74) is 4.80. The molecule has 0 heterocycles. The Labute approximate surface area is 111 Å². The van der Waals surface area contributed by atoms with Crippen LogP contribution in [-0.4, -0.2) is 16.9 Å². The molecule has 100 valence electrons. The van der Waals surface area contributed by atoms with Crippen molar-refractivity contribution in [3.8, 4) is 0 Å². The van der Waals surface area contributed by atoms with Gasteiger partial charge < -0.3 is 11.1 Å². The van der Waals surface area contributed by atoms with Crippen molar-refractivity contribution >= 4 is 23.1 Å². The minimum Gasteiger partial charge on any atom is -0.392 e. The van der Waals surface area contributed by atoms with E-state index in [0.717, 1.165) is 12.8 Å². The quantitative estimate of drug-likeness (QED) is 0.690. The molecule has 0 saturated heterocycles. The van der Waals surface area contributed by atoms with Crippen LogP contribution in [0.2, 0.25) is 0 Å². The fourth-order valence-electron chi connectivity index (χ4n) is 1.42. The highest BCUT2D eigenvalue weighted by atomic mass is 32.1. The average Bonchev–Trinajstić information content (AvgIpc) is 2.16. The molecule has 0 aliphatic carbocycles. The van der Waals surface area contributed by atoms with Crippen LogP contribution in [0.1, 0.15) is 53.9 Å². The molecular formula is C13H26N2OS. The number of rotatable bonds is 7. The third kappa shape index (κ3) is 6.01. The van der Waals surface area contributed by atoms with Gasteiger partial charge >= 0.3 is 0 Å². The number of carbonyl (C=O) groups is 1. The smallest absolute Gasteiger partial charge is 0.232 e. The zero-order valence-electron chi connectivity index (χ0n) is 11.7. The maximum absolute atomic E-state index is 11.9. The topological polar surface area (TPSA) is 55.1 Å². The second kappa shape index (κ2) is 6.94. The Kier molecular flexibility index (Phi) is 6.68. The van der Waals surface area contributed by atoms with E-state index in [4.69, 9.17) is 18.0 Å². The Morgan fingerprint density at radius 2 is 1.82 bits per heavy atom. The normalized spacial score (nSPS) is 13.5. The Hall–Kier alpha value is -0.640. The number of nitrogens with one attached hydrogen (secondary N) is 1. The number of hydrogen-bond donors (Lipinski definition) is 2. The Bertz CT molecular complexity index is 275. The molecular weight excluding hydrogens is 232 g/mol. The molecule has 1 atom stereocenters. The lowest BCUT2D eigenvalue weighted by molar-refractivity contribution is -0.126. The summed E-state index contributed by atoms with van der Waals surface area (Å²) >= 11 is 4.90. The highest BCUT2D eigenvalue weighted by molar-refractivity contribution is 7.80. The van der Waals surface area contributed by atoms with E-state index >= 15 is 0 Å². The van der Waals surface area contributed by atoms with Crippen molar-refractivity contribution in [2.75, 3.05) is 0 Å². The number of amides is 1. The second-order valence-electron chi connectivity index (χ2n) is 5.69. The van der Waals surface area contributed by atoms with E-state index in [-0.39, 0.29) is 16.9 Å². The molecule has 0 rings (SSSR count). The summed E-state index contributed by atoms with van der Waals surface area (Å²) in [4.78, 5) is 12.2. The lowest BCUT2D eigenvalue weighted by atomic mass is 9.92. The lowest BCUT2D eigenvalue weighted by Gasteiger charge is -2.24. The first-order valence-corrected chi connectivity index (χ1v) is 6.69. The molecule has 4 heteroatoms. The summed E-state index contributed by atoms with van der Waals surface area (Å²) < 4.78 is 0. The molecule has 3 N–H and O–H groups in total. The number of thiocarbonyl (C=S) groups is 1. The molecule has 1 unspecified atom stereocenters. The molecule has 1 amide bonds. The zero-order chi connectivity index (χ0) is 13.6. The van der Waals surface area contributed by atoms with Crippen molar-refractivity contribution < 1.29 is 4.79 Å². The fraction of sp³-hybridized carbons (Fsp3) is 0.846. The van der Waals surface area contributed by atoms with Crippen LogP contribution in [-0.2, 0) is 4.79 Å². The number of nitrogens with two attached hydrogens (primary N) is 1. The van der Waals surface area contributed by atoms with Crippen molar-refractivity contribution in [2.45, 2.75) is 59.9 Å². The first-order valence-electron chi connectivity index (χ1n) is 6.28. The van der Waals surface area contributed by atoms with Gasteiger partial charge in [0.2, 0.25) is 5.91 Å². The predicted octanol–water partition coefficient (Wildman–Crippen LogP) is 2.63. The van der Waals surface area contributed by atoms with E-state index in [1.54, 1.807) is 13.8 Å². The van der Waals surface area contributed by atoms with Crippen LogP contribution in [0.4, 0.5) is 0 Å². The maximum Gasteiger partial charge on any atom is 0.232 e. The largest absolute Gasteiger partial charge is 0.392 e. The molecule has 0 saturated carbocycles. The average molecular weight is 258 g/mol. The highest BCUT2D eigenvalue weighted by Gasteiger charge is 2.31. The van der Waals surface area contributed by atoms with Crippen LogP contribution in [0, 0.1) is 11.3 Å². The summed E-state index contributed by atoms with van der Waals surface area (Å²) in [7, 11) is 0. The van der Waals surface area contributed by atoms with Gasteiger partial charge in [0.15, 0.2) is 0 Å². The molecule has 3 nitrogen and oxygen atoms in total. The number of hydrogen-bond acceptors (Lipinski definition) is 2. The molecule has 17 heavy (non-hydrogen) atoms. The van der Waals surface area contributed by atoms with Gasteiger partial charge in [0.1, 0.15) is 0 Å². The minimum absolute atomic E-state index is 0.0814. The summed E-state index contributed by atoms with van der Waals surface area (Å²) in [6.07, 6.45) is 3.32. The summed E-state index contributed by atoms with van der Waals surface area (Å²) in [6.45, 7) is 9.95. The molecule has 0 aromatic heterocycles. The molecule has 0 spiro atoms. The van der Waals surface area contributed by atoms with Crippen LogP contribution in [0.5, 0.6) is 0 Å². The van der Waals surface area contributed by atoms with E-state index < -0.39 is 5.41 Å². The van der Waals surface area contributed by atoms with Crippen molar-refractivity contribution in [3.05, 3.63) is 0 Å².